The number of rotatable bonds is 11. The molecule has 37 heavy (non-hydrogen) atoms. The number of anilines is 1. The van der Waals surface area contributed by atoms with Crippen LogP contribution in [0.15, 0.2) is 120 Å². The van der Waals surface area contributed by atoms with Crippen LogP contribution in [0.4, 0.5) is 5.69 Å². The van der Waals surface area contributed by atoms with Gasteiger partial charge in [-0.2, -0.15) is 5.10 Å². The Morgan fingerprint density at radius 3 is 2.05 bits per heavy atom. The van der Waals surface area contributed by atoms with Gasteiger partial charge in [0.05, 0.1) is 24.0 Å². The number of ether oxygens (including phenoxy) is 1. The maximum atomic E-state index is 13.1. The summed E-state index contributed by atoms with van der Waals surface area (Å²) in [6, 6.07) is 35.3. The highest BCUT2D eigenvalue weighted by Gasteiger charge is 2.28. The first kappa shape index (κ1) is 25.7. The lowest BCUT2D eigenvalue weighted by molar-refractivity contribution is -0.145. The molecule has 0 fully saturated rings. The van der Waals surface area contributed by atoms with Crippen LogP contribution in [0.25, 0.3) is 0 Å². The third-order valence-electron chi connectivity index (χ3n) is 5.87. The minimum Gasteiger partial charge on any atom is -0.508 e. The number of benzene rings is 4. The molecule has 0 radical (unpaired) electrons. The van der Waals surface area contributed by atoms with E-state index >= 15 is 0 Å². The number of nitrogens with one attached hydrogen (secondary N) is 2. The second-order valence-corrected chi connectivity index (χ2v) is 8.53. The lowest BCUT2D eigenvalue weighted by Crippen LogP contribution is -2.44. The van der Waals surface area contributed by atoms with E-state index in [0.29, 0.717) is 6.42 Å². The van der Waals surface area contributed by atoms with E-state index in [4.69, 9.17) is 9.84 Å². The molecule has 2 atom stereocenters. The molecule has 4 rings (SSSR count). The van der Waals surface area contributed by atoms with Crippen LogP contribution in [0.5, 0.6) is 5.75 Å². The molecule has 0 unspecified atom stereocenters. The Morgan fingerprint density at radius 2 is 1.43 bits per heavy atom. The summed E-state index contributed by atoms with van der Waals surface area (Å²) in [4.78, 5) is 13.1. The predicted molar refractivity (Wildman–Crippen MR) is 148 cm³/mol. The molecule has 4 aromatic rings. The summed E-state index contributed by atoms with van der Waals surface area (Å²) in [5.41, 5.74) is 7.54. The van der Waals surface area contributed by atoms with Crippen molar-refractivity contribution < 1.29 is 14.6 Å². The van der Waals surface area contributed by atoms with E-state index in [2.05, 4.69) is 10.7 Å². The highest BCUT2D eigenvalue weighted by atomic mass is 16.5. The molecule has 6 heteroatoms. The number of hydrogen-bond donors (Lipinski definition) is 3. The molecule has 6 nitrogen and oxygen atoms in total. The molecular formula is C31H31N3O3. The number of para-hydroxylation sites is 1. The van der Waals surface area contributed by atoms with Crippen LogP contribution in [-0.4, -0.2) is 29.4 Å². The number of esters is 1. The van der Waals surface area contributed by atoms with Crippen molar-refractivity contribution in [3.05, 3.63) is 132 Å². The van der Waals surface area contributed by atoms with Crippen molar-refractivity contribution in [1.29, 1.82) is 0 Å². The molecule has 0 heterocycles. The third-order valence-corrected chi connectivity index (χ3v) is 5.87. The Morgan fingerprint density at radius 1 is 0.838 bits per heavy atom. The summed E-state index contributed by atoms with van der Waals surface area (Å²) >= 11 is 0. The van der Waals surface area contributed by atoms with Gasteiger partial charge in [0.2, 0.25) is 0 Å². The van der Waals surface area contributed by atoms with Crippen molar-refractivity contribution in [2.24, 2.45) is 5.10 Å². The smallest absolute Gasteiger partial charge is 0.323 e. The normalized spacial score (nSPS) is 12.9. The highest BCUT2D eigenvalue weighted by molar-refractivity contribution is 6.05. The topological polar surface area (TPSA) is 83.0 Å². The first-order valence-corrected chi connectivity index (χ1v) is 12.3. The number of hydrogen-bond acceptors (Lipinski definition) is 6. The van der Waals surface area contributed by atoms with Crippen LogP contribution < -0.4 is 10.7 Å². The Labute approximate surface area is 217 Å². The van der Waals surface area contributed by atoms with Gasteiger partial charge in [-0.15, -0.1) is 0 Å². The fourth-order valence-electron chi connectivity index (χ4n) is 4.04. The molecule has 0 saturated heterocycles. The molecule has 0 aliphatic heterocycles. The number of nitrogens with zero attached hydrogens (tertiary/aromatic N) is 1. The zero-order valence-electron chi connectivity index (χ0n) is 20.7. The first-order chi connectivity index (χ1) is 18.1. The van der Waals surface area contributed by atoms with Crippen molar-refractivity contribution in [2.45, 2.75) is 25.4 Å². The van der Waals surface area contributed by atoms with Gasteiger partial charge in [-0.3, -0.25) is 15.5 Å². The maximum absolute atomic E-state index is 13.1. The van der Waals surface area contributed by atoms with Gasteiger partial charge < -0.3 is 9.84 Å². The van der Waals surface area contributed by atoms with Crippen LogP contribution >= 0.6 is 0 Å². The molecule has 0 amide bonds. The zero-order valence-corrected chi connectivity index (χ0v) is 20.7. The van der Waals surface area contributed by atoms with Crippen LogP contribution in [0.2, 0.25) is 0 Å². The lowest BCUT2D eigenvalue weighted by atomic mass is 9.94. The van der Waals surface area contributed by atoms with E-state index in [1.165, 1.54) is 0 Å². The van der Waals surface area contributed by atoms with Gasteiger partial charge in [-0.25, -0.2) is 0 Å². The van der Waals surface area contributed by atoms with E-state index < -0.39 is 12.1 Å². The zero-order chi connectivity index (χ0) is 25.9. The minimum atomic E-state index is -0.652. The Balaban J connectivity index is 1.75. The van der Waals surface area contributed by atoms with Crippen molar-refractivity contribution >= 4 is 17.4 Å². The Kier molecular flexibility index (Phi) is 9.05. The van der Waals surface area contributed by atoms with Crippen molar-refractivity contribution in [3.8, 4) is 5.75 Å². The summed E-state index contributed by atoms with van der Waals surface area (Å²) in [5, 5.41) is 18.1. The van der Waals surface area contributed by atoms with Gasteiger partial charge in [-0.05, 0) is 54.3 Å². The number of aromatic hydroxyl groups is 1. The lowest BCUT2D eigenvalue weighted by Gasteiger charge is -2.27. The second-order valence-electron chi connectivity index (χ2n) is 8.53. The number of phenolic OH excluding ortho intramolecular Hbond substituents is 1. The maximum Gasteiger partial charge on any atom is 0.323 e. The molecule has 0 bridgehead atoms. The quantitative estimate of drug-likeness (QED) is 0.142. The van der Waals surface area contributed by atoms with Gasteiger partial charge in [-0.1, -0.05) is 91.0 Å². The van der Waals surface area contributed by atoms with Gasteiger partial charge in [0, 0.05) is 0 Å². The van der Waals surface area contributed by atoms with Gasteiger partial charge in [0.25, 0.3) is 0 Å². The molecule has 0 aromatic heterocycles. The summed E-state index contributed by atoms with van der Waals surface area (Å²) in [5.74, 6) is -0.169. The van der Waals surface area contributed by atoms with E-state index in [0.717, 1.165) is 28.1 Å². The monoisotopic (exact) mass is 493 g/mol. The van der Waals surface area contributed by atoms with Gasteiger partial charge >= 0.3 is 5.97 Å². The fraction of sp³-hybridized carbons (Fsp3) is 0.161. The number of hydrazone groups is 1. The van der Waals surface area contributed by atoms with E-state index in [1.54, 1.807) is 19.1 Å². The molecule has 3 N–H and O–H groups in total. The average Bonchev–Trinajstić information content (AvgIpc) is 2.95. The van der Waals surface area contributed by atoms with Crippen LogP contribution in [0.3, 0.4) is 0 Å². The summed E-state index contributed by atoms with van der Waals surface area (Å²) in [7, 11) is 0. The standard InChI is InChI=1S/C31H31N3O3/c1-2-37-31(36)28(22-23-18-20-27(35)21-19-23)32-29(24-12-6-3-7-13-24)30(25-14-8-4-9-15-25)34-33-26-16-10-5-11-17-26/h3-21,28-29,32-33,35H,2,22H2,1H3/b34-30-/t28-,29+/m0/s1. The van der Waals surface area contributed by atoms with Gasteiger partial charge in [0.15, 0.2) is 0 Å². The molecule has 0 spiro atoms. The molecule has 0 aliphatic rings. The second kappa shape index (κ2) is 13.0. The number of phenols is 1. The molecular weight excluding hydrogens is 462 g/mol. The molecule has 188 valence electrons. The Bertz CT molecular complexity index is 1280. The number of carbonyl (C=O) groups is 1. The minimum absolute atomic E-state index is 0.178. The van der Waals surface area contributed by atoms with Crippen molar-refractivity contribution in [2.75, 3.05) is 12.0 Å². The summed E-state index contributed by atoms with van der Waals surface area (Å²) in [6.45, 7) is 2.07. The van der Waals surface area contributed by atoms with Gasteiger partial charge in [0.1, 0.15) is 11.8 Å². The summed E-state index contributed by atoms with van der Waals surface area (Å²) < 4.78 is 5.45. The van der Waals surface area contributed by atoms with Crippen LogP contribution in [-0.2, 0) is 16.0 Å². The van der Waals surface area contributed by atoms with E-state index in [-0.39, 0.29) is 18.3 Å². The van der Waals surface area contributed by atoms with E-state index in [1.807, 2.05) is 103 Å². The predicted octanol–water partition coefficient (Wildman–Crippen LogP) is 5.71. The fourth-order valence-corrected chi connectivity index (χ4v) is 4.04. The average molecular weight is 494 g/mol. The molecule has 4 aromatic carbocycles. The largest absolute Gasteiger partial charge is 0.508 e. The first-order valence-electron chi connectivity index (χ1n) is 12.3. The van der Waals surface area contributed by atoms with Crippen molar-refractivity contribution in [3.63, 3.8) is 0 Å². The summed E-state index contributed by atoms with van der Waals surface area (Å²) in [6.07, 6.45) is 0.386. The molecule has 0 aliphatic carbocycles. The van der Waals surface area contributed by atoms with E-state index in [9.17, 15) is 9.90 Å². The highest BCUT2D eigenvalue weighted by Crippen LogP contribution is 2.23. The van der Waals surface area contributed by atoms with Crippen LogP contribution in [0, 0.1) is 0 Å². The number of carbonyl (C=O) groups excluding carboxylic acids is 1. The third kappa shape index (κ3) is 7.29. The van der Waals surface area contributed by atoms with Crippen LogP contribution in [0.1, 0.15) is 29.7 Å². The Hall–Kier alpha value is -4.42. The van der Waals surface area contributed by atoms with Crippen molar-refractivity contribution in [1.82, 2.24) is 5.32 Å². The molecule has 0 saturated carbocycles. The SMILES string of the molecule is CCOC(=O)[C@H](Cc1ccc(O)cc1)N[C@@H](/C(=N\Nc1ccccc1)c1ccccc1)c1ccccc1.